The number of benzene rings is 3. The lowest BCUT2D eigenvalue weighted by atomic mass is 9.61. The zero-order valence-electron chi connectivity index (χ0n) is 22.6. The molecule has 0 saturated heterocycles. The van der Waals surface area contributed by atoms with Crippen molar-refractivity contribution in [2.24, 2.45) is 0 Å². The Labute approximate surface area is 240 Å². The molecule has 9 heteroatoms. The molecule has 1 N–H and O–H groups in total. The van der Waals surface area contributed by atoms with Gasteiger partial charge in [0.1, 0.15) is 5.52 Å². The molecule has 8 rings (SSSR count). The fraction of sp³-hybridized carbons (Fsp3) is 0.152. The Morgan fingerprint density at radius 1 is 0.762 bits per heavy atom. The normalized spacial score (nSPS) is 21.6. The van der Waals surface area contributed by atoms with E-state index in [1.807, 2.05) is 60.7 Å². The molecule has 9 nitrogen and oxygen atoms in total. The van der Waals surface area contributed by atoms with Crippen molar-refractivity contribution in [3.05, 3.63) is 114 Å². The van der Waals surface area contributed by atoms with Crippen molar-refractivity contribution < 1.29 is 14.7 Å². The van der Waals surface area contributed by atoms with E-state index >= 15 is 0 Å². The lowest BCUT2D eigenvalue weighted by Gasteiger charge is -2.55. The van der Waals surface area contributed by atoms with Crippen molar-refractivity contribution in [3.63, 3.8) is 0 Å². The van der Waals surface area contributed by atoms with E-state index in [1.54, 1.807) is 48.1 Å². The predicted molar refractivity (Wildman–Crippen MR) is 155 cm³/mol. The molecule has 2 aliphatic rings. The second-order valence-electron chi connectivity index (χ2n) is 11.3. The minimum absolute atomic E-state index is 0.250. The van der Waals surface area contributed by atoms with E-state index in [-0.39, 0.29) is 24.7 Å². The zero-order valence-corrected chi connectivity index (χ0v) is 22.6. The molecule has 3 aromatic carbocycles. The summed E-state index contributed by atoms with van der Waals surface area (Å²) in [5, 5.41) is 15.2. The number of hydrogen-bond acceptors (Lipinski definition) is 7. The number of fused-ring (bicyclic) bond motifs is 4. The van der Waals surface area contributed by atoms with E-state index in [9.17, 15) is 14.7 Å². The SMILES string of the molecule is CC1(O)CC(c2ccc(-c3nc4c(cnc5ccnn54)nc3-c3ccccc3)cc2)(N2C(=O)c3ccccc3C2=O)C1. The van der Waals surface area contributed by atoms with Crippen LogP contribution in [0.3, 0.4) is 0 Å². The fourth-order valence-corrected chi connectivity index (χ4v) is 6.58. The second kappa shape index (κ2) is 8.61. The van der Waals surface area contributed by atoms with Crippen LogP contribution in [0.5, 0.6) is 0 Å². The Hall–Kier alpha value is -5.28. The Morgan fingerprint density at radius 3 is 2.05 bits per heavy atom. The number of carbonyl (C=O) groups is 2. The summed E-state index contributed by atoms with van der Waals surface area (Å²) in [6, 6.07) is 26.2. The second-order valence-corrected chi connectivity index (χ2v) is 11.3. The van der Waals surface area contributed by atoms with Gasteiger partial charge in [0, 0.05) is 30.0 Å². The molecule has 0 atom stereocenters. The first-order valence-corrected chi connectivity index (χ1v) is 13.7. The predicted octanol–water partition coefficient (Wildman–Crippen LogP) is 5.04. The van der Waals surface area contributed by atoms with E-state index in [1.165, 1.54) is 4.90 Å². The van der Waals surface area contributed by atoms with Crippen LogP contribution in [0.15, 0.2) is 97.3 Å². The van der Waals surface area contributed by atoms with Gasteiger partial charge in [-0.2, -0.15) is 9.61 Å². The Morgan fingerprint density at radius 2 is 1.38 bits per heavy atom. The minimum Gasteiger partial charge on any atom is -0.390 e. The summed E-state index contributed by atoms with van der Waals surface area (Å²) in [4.78, 5) is 42.8. The summed E-state index contributed by atoms with van der Waals surface area (Å²) in [5.74, 6) is -0.669. The number of rotatable bonds is 4. The number of aromatic nitrogens is 5. The molecule has 0 bridgehead atoms. The first-order valence-electron chi connectivity index (χ1n) is 13.7. The van der Waals surface area contributed by atoms with Gasteiger partial charge in [0.25, 0.3) is 11.8 Å². The van der Waals surface area contributed by atoms with Crippen molar-refractivity contribution >= 4 is 28.6 Å². The summed E-state index contributed by atoms with van der Waals surface area (Å²) in [6.45, 7) is 1.74. The van der Waals surface area contributed by atoms with E-state index in [2.05, 4.69) is 10.1 Å². The minimum atomic E-state index is -0.999. The van der Waals surface area contributed by atoms with E-state index in [0.29, 0.717) is 39.3 Å². The smallest absolute Gasteiger partial charge is 0.262 e. The quantitative estimate of drug-likeness (QED) is 0.305. The van der Waals surface area contributed by atoms with Crippen LogP contribution in [0, 0.1) is 0 Å². The maximum absolute atomic E-state index is 13.5. The molecule has 42 heavy (non-hydrogen) atoms. The molecule has 2 amide bonds. The van der Waals surface area contributed by atoms with Crippen LogP contribution in [0.25, 0.3) is 39.3 Å². The van der Waals surface area contributed by atoms with Gasteiger partial charge in [0.05, 0.1) is 46.0 Å². The first-order chi connectivity index (χ1) is 20.3. The van der Waals surface area contributed by atoms with Crippen molar-refractivity contribution in [2.75, 3.05) is 0 Å². The molecule has 3 aromatic heterocycles. The molecule has 0 spiro atoms. The zero-order chi connectivity index (χ0) is 28.6. The van der Waals surface area contributed by atoms with Crippen LogP contribution < -0.4 is 0 Å². The van der Waals surface area contributed by atoms with Gasteiger partial charge < -0.3 is 5.11 Å². The van der Waals surface area contributed by atoms with Gasteiger partial charge in [0.2, 0.25) is 0 Å². The van der Waals surface area contributed by atoms with Gasteiger partial charge >= 0.3 is 0 Å². The molecule has 0 radical (unpaired) electrons. The molecule has 1 saturated carbocycles. The van der Waals surface area contributed by atoms with Crippen LogP contribution in [-0.4, -0.2) is 52.0 Å². The van der Waals surface area contributed by atoms with Gasteiger partial charge in [-0.25, -0.2) is 15.0 Å². The Kier molecular flexibility index (Phi) is 5.02. The van der Waals surface area contributed by atoms with Gasteiger partial charge in [-0.1, -0.05) is 66.7 Å². The van der Waals surface area contributed by atoms with Gasteiger partial charge in [-0.15, -0.1) is 0 Å². The van der Waals surface area contributed by atoms with Crippen LogP contribution in [0.4, 0.5) is 0 Å². The third-order valence-corrected chi connectivity index (χ3v) is 8.36. The highest BCUT2D eigenvalue weighted by Crippen LogP contribution is 2.54. The molecule has 1 aliphatic heterocycles. The highest BCUT2D eigenvalue weighted by Gasteiger charge is 2.60. The maximum atomic E-state index is 13.5. The van der Waals surface area contributed by atoms with Crippen molar-refractivity contribution in [2.45, 2.75) is 30.9 Å². The van der Waals surface area contributed by atoms with Gasteiger partial charge in [-0.05, 0) is 24.6 Å². The highest BCUT2D eigenvalue weighted by atomic mass is 16.3. The summed E-state index contributed by atoms with van der Waals surface area (Å²) >= 11 is 0. The highest BCUT2D eigenvalue weighted by molar-refractivity contribution is 6.22. The van der Waals surface area contributed by atoms with Crippen LogP contribution in [0.2, 0.25) is 0 Å². The number of nitrogens with zero attached hydrogens (tertiary/aromatic N) is 6. The monoisotopic (exact) mass is 552 g/mol. The summed E-state index contributed by atoms with van der Waals surface area (Å²) in [6.07, 6.45) is 3.88. The first kappa shape index (κ1) is 24.5. The standard InChI is InChI=1S/C33H24N6O3/c1-32(42)18-33(19-32,38-30(40)23-9-5-6-10-24(23)31(38)41)22-13-11-21(12-14-22)28-27(20-7-3-2-4-8-20)36-25-17-34-26-15-16-35-39(26)29(25)37-28/h2-17,42H,18-19H2,1H3. The lowest BCUT2D eigenvalue weighted by molar-refractivity contribution is -0.118. The summed E-state index contributed by atoms with van der Waals surface area (Å²) in [5.41, 5.74) is 4.56. The van der Waals surface area contributed by atoms with Crippen LogP contribution in [-0.2, 0) is 5.54 Å². The molecule has 4 heterocycles. The Balaban J connectivity index is 1.27. The van der Waals surface area contributed by atoms with Crippen molar-refractivity contribution in [3.8, 4) is 22.5 Å². The molecule has 6 aromatic rings. The number of amides is 2. The van der Waals surface area contributed by atoms with Crippen molar-refractivity contribution in [1.82, 2.24) is 29.5 Å². The van der Waals surface area contributed by atoms with E-state index in [4.69, 9.17) is 9.97 Å². The Bertz CT molecular complexity index is 2020. The van der Waals surface area contributed by atoms with E-state index < -0.39 is 11.1 Å². The molecule has 1 aliphatic carbocycles. The fourth-order valence-electron chi connectivity index (χ4n) is 6.58. The van der Waals surface area contributed by atoms with Crippen LogP contribution >= 0.6 is 0 Å². The average Bonchev–Trinajstić information content (AvgIpc) is 3.58. The number of hydrogen-bond donors (Lipinski definition) is 1. The molecule has 0 unspecified atom stereocenters. The molecule has 1 fully saturated rings. The number of aliphatic hydroxyl groups is 1. The third kappa shape index (κ3) is 3.47. The topological polar surface area (TPSA) is 114 Å². The van der Waals surface area contributed by atoms with Gasteiger partial charge in [-0.3, -0.25) is 14.5 Å². The summed E-state index contributed by atoms with van der Waals surface area (Å²) in [7, 11) is 0. The number of carbonyl (C=O) groups excluding carboxylic acids is 2. The molecular weight excluding hydrogens is 528 g/mol. The average molecular weight is 553 g/mol. The third-order valence-electron chi connectivity index (χ3n) is 8.36. The van der Waals surface area contributed by atoms with Crippen molar-refractivity contribution in [1.29, 1.82) is 0 Å². The van der Waals surface area contributed by atoms with Crippen LogP contribution in [0.1, 0.15) is 46.0 Å². The maximum Gasteiger partial charge on any atom is 0.262 e. The summed E-state index contributed by atoms with van der Waals surface area (Å²) < 4.78 is 1.67. The number of imide groups is 1. The van der Waals surface area contributed by atoms with Gasteiger partial charge in [0.15, 0.2) is 11.3 Å². The molecule has 204 valence electrons. The molecular formula is C33H24N6O3. The largest absolute Gasteiger partial charge is 0.390 e. The lowest BCUT2D eigenvalue weighted by Crippen LogP contribution is -2.63. The van der Waals surface area contributed by atoms with E-state index in [0.717, 1.165) is 16.7 Å².